The highest BCUT2D eigenvalue weighted by Gasteiger charge is 2.12. The Bertz CT molecular complexity index is 598. The Kier molecular flexibility index (Phi) is 3.47. The molecule has 2 aromatic rings. The number of amidine groups is 1. The molecule has 1 aromatic carbocycles. The van der Waals surface area contributed by atoms with Crippen LogP contribution in [0, 0.1) is 5.82 Å². The third-order valence-corrected chi connectivity index (χ3v) is 3.32. The summed E-state index contributed by atoms with van der Waals surface area (Å²) >= 11 is 1.25. The van der Waals surface area contributed by atoms with Gasteiger partial charge < -0.3 is 15.5 Å². The molecule has 0 saturated carbocycles. The molecule has 3 N–H and O–H groups in total. The van der Waals surface area contributed by atoms with Crippen molar-refractivity contribution < 1.29 is 9.60 Å². The van der Waals surface area contributed by atoms with E-state index in [2.05, 4.69) is 15.4 Å². The highest BCUT2D eigenvalue weighted by atomic mass is 32.2. The highest BCUT2D eigenvalue weighted by molar-refractivity contribution is 7.99. The van der Waals surface area contributed by atoms with Crippen molar-refractivity contribution in [2.24, 2.45) is 17.9 Å². The molecule has 0 aliphatic carbocycles. The zero-order valence-electron chi connectivity index (χ0n) is 9.41. The molecule has 0 bridgehead atoms. The van der Waals surface area contributed by atoms with Gasteiger partial charge in [-0.15, -0.1) is 10.2 Å². The lowest BCUT2D eigenvalue weighted by Crippen LogP contribution is -2.14. The first-order valence-corrected chi connectivity index (χ1v) is 5.72. The van der Waals surface area contributed by atoms with E-state index in [1.165, 1.54) is 23.9 Å². The van der Waals surface area contributed by atoms with Gasteiger partial charge in [0.05, 0.1) is 0 Å². The first-order chi connectivity index (χ1) is 8.61. The van der Waals surface area contributed by atoms with E-state index < -0.39 is 5.82 Å². The summed E-state index contributed by atoms with van der Waals surface area (Å²) in [7, 11) is 1.79. The Balaban J connectivity index is 2.42. The van der Waals surface area contributed by atoms with Gasteiger partial charge in [0.1, 0.15) is 12.1 Å². The number of hydrogen-bond acceptors (Lipinski definition) is 5. The van der Waals surface area contributed by atoms with E-state index in [9.17, 15) is 4.39 Å². The van der Waals surface area contributed by atoms with Crippen LogP contribution in [0.3, 0.4) is 0 Å². The van der Waals surface area contributed by atoms with Crippen molar-refractivity contribution in [3.05, 3.63) is 35.9 Å². The van der Waals surface area contributed by atoms with E-state index in [0.29, 0.717) is 15.6 Å². The molecule has 0 saturated heterocycles. The number of halogens is 1. The van der Waals surface area contributed by atoms with Crippen molar-refractivity contribution >= 4 is 17.6 Å². The molecule has 6 nitrogen and oxygen atoms in total. The molecule has 0 fully saturated rings. The van der Waals surface area contributed by atoms with Crippen LogP contribution in [0.2, 0.25) is 0 Å². The van der Waals surface area contributed by atoms with Crippen LogP contribution in [0.4, 0.5) is 4.39 Å². The van der Waals surface area contributed by atoms with Crippen molar-refractivity contribution in [2.45, 2.75) is 10.1 Å². The minimum Gasteiger partial charge on any atom is -0.409 e. The van der Waals surface area contributed by atoms with Crippen LogP contribution < -0.4 is 5.73 Å². The van der Waals surface area contributed by atoms with Gasteiger partial charge in [-0.1, -0.05) is 5.16 Å². The number of rotatable bonds is 3. The summed E-state index contributed by atoms with van der Waals surface area (Å²) in [6, 6.07) is 4.04. The van der Waals surface area contributed by atoms with Crippen LogP contribution >= 0.6 is 11.8 Å². The maximum absolute atomic E-state index is 13.2. The molecular weight excluding hydrogens is 257 g/mol. The number of hydrogen-bond donors (Lipinski definition) is 2. The second kappa shape index (κ2) is 5.05. The van der Waals surface area contributed by atoms with E-state index in [0.717, 1.165) is 0 Å². The standard InChI is InChI=1S/C10H10FN5OS/c1-16-5-13-14-10(16)18-8-3-2-6(11)4-7(8)9(12)15-17/h2-5,17H,1H3,(H2,12,15). The third kappa shape index (κ3) is 2.43. The second-order valence-electron chi connectivity index (χ2n) is 3.45. The summed E-state index contributed by atoms with van der Waals surface area (Å²) in [5.41, 5.74) is 5.82. The van der Waals surface area contributed by atoms with Crippen LogP contribution in [0.25, 0.3) is 0 Å². The van der Waals surface area contributed by atoms with Gasteiger partial charge in [0.2, 0.25) is 0 Å². The van der Waals surface area contributed by atoms with E-state index in [1.807, 2.05) is 0 Å². The fourth-order valence-corrected chi connectivity index (χ4v) is 2.19. The number of benzene rings is 1. The largest absolute Gasteiger partial charge is 0.409 e. The zero-order chi connectivity index (χ0) is 13.1. The fourth-order valence-electron chi connectivity index (χ4n) is 1.31. The van der Waals surface area contributed by atoms with Crippen molar-refractivity contribution in [3.8, 4) is 0 Å². The average Bonchev–Trinajstić information content (AvgIpc) is 2.76. The molecule has 0 aliphatic rings. The van der Waals surface area contributed by atoms with Gasteiger partial charge in [0, 0.05) is 17.5 Å². The van der Waals surface area contributed by atoms with Crippen molar-refractivity contribution in [1.82, 2.24) is 14.8 Å². The maximum atomic E-state index is 13.2. The Morgan fingerprint density at radius 2 is 2.33 bits per heavy atom. The van der Waals surface area contributed by atoms with Crippen LogP contribution in [0.15, 0.2) is 39.7 Å². The first-order valence-electron chi connectivity index (χ1n) is 4.91. The normalized spacial score (nSPS) is 11.8. The maximum Gasteiger partial charge on any atom is 0.195 e. The van der Waals surface area contributed by atoms with E-state index in [1.54, 1.807) is 24.0 Å². The van der Waals surface area contributed by atoms with Gasteiger partial charge in [-0.3, -0.25) is 0 Å². The number of nitrogens with zero attached hydrogens (tertiary/aromatic N) is 4. The highest BCUT2D eigenvalue weighted by Crippen LogP contribution is 2.29. The van der Waals surface area contributed by atoms with Gasteiger partial charge in [-0.05, 0) is 30.0 Å². The number of nitrogens with two attached hydrogens (primary N) is 1. The number of oxime groups is 1. The van der Waals surface area contributed by atoms with E-state index in [-0.39, 0.29) is 5.84 Å². The molecule has 1 aromatic heterocycles. The SMILES string of the molecule is Cn1cnnc1Sc1ccc(F)cc1/C(N)=N/O. The van der Waals surface area contributed by atoms with Crippen molar-refractivity contribution in [2.75, 3.05) is 0 Å². The van der Waals surface area contributed by atoms with Crippen LogP contribution in [-0.2, 0) is 7.05 Å². The third-order valence-electron chi connectivity index (χ3n) is 2.20. The van der Waals surface area contributed by atoms with E-state index in [4.69, 9.17) is 10.9 Å². The average molecular weight is 267 g/mol. The lowest BCUT2D eigenvalue weighted by molar-refractivity contribution is 0.318. The lowest BCUT2D eigenvalue weighted by atomic mass is 10.2. The molecule has 0 radical (unpaired) electrons. The molecule has 2 rings (SSSR count). The quantitative estimate of drug-likeness (QED) is 0.377. The van der Waals surface area contributed by atoms with Crippen LogP contribution in [0.5, 0.6) is 0 Å². The summed E-state index contributed by atoms with van der Waals surface area (Å²) in [6.07, 6.45) is 1.55. The topological polar surface area (TPSA) is 89.3 Å². The van der Waals surface area contributed by atoms with Gasteiger partial charge in [-0.2, -0.15) is 0 Å². The molecule has 0 spiro atoms. The minimum atomic E-state index is -0.459. The number of aryl methyl sites for hydroxylation is 1. The Morgan fingerprint density at radius 1 is 1.56 bits per heavy atom. The van der Waals surface area contributed by atoms with Crippen LogP contribution in [0.1, 0.15) is 5.56 Å². The van der Waals surface area contributed by atoms with Crippen LogP contribution in [-0.4, -0.2) is 25.8 Å². The summed E-state index contributed by atoms with van der Waals surface area (Å²) in [6.45, 7) is 0. The zero-order valence-corrected chi connectivity index (χ0v) is 10.2. The Labute approximate surface area is 106 Å². The molecular formula is C10H10FN5OS. The van der Waals surface area contributed by atoms with E-state index >= 15 is 0 Å². The molecule has 0 amide bonds. The van der Waals surface area contributed by atoms with Gasteiger partial charge in [0.15, 0.2) is 11.0 Å². The fraction of sp³-hybridized carbons (Fsp3) is 0.100. The van der Waals surface area contributed by atoms with Gasteiger partial charge >= 0.3 is 0 Å². The van der Waals surface area contributed by atoms with Gasteiger partial charge in [0.25, 0.3) is 0 Å². The van der Waals surface area contributed by atoms with Crippen molar-refractivity contribution in [1.29, 1.82) is 0 Å². The Morgan fingerprint density at radius 3 is 2.94 bits per heavy atom. The molecule has 0 aliphatic heterocycles. The molecule has 0 atom stereocenters. The summed E-state index contributed by atoms with van der Waals surface area (Å²) in [5, 5.41) is 19.8. The lowest BCUT2D eigenvalue weighted by Gasteiger charge is -2.07. The molecule has 8 heteroatoms. The van der Waals surface area contributed by atoms with Crippen molar-refractivity contribution in [3.63, 3.8) is 0 Å². The Hall–Kier alpha value is -2.09. The second-order valence-corrected chi connectivity index (χ2v) is 4.46. The predicted octanol–water partition coefficient (Wildman–Crippen LogP) is 1.20. The monoisotopic (exact) mass is 267 g/mol. The number of aromatic nitrogens is 3. The van der Waals surface area contributed by atoms with Gasteiger partial charge in [-0.25, -0.2) is 4.39 Å². The summed E-state index contributed by atoms with van der Waals surface area (Å²) in [5.74, 6) is -0.613. The molecule has 1 heterocycles. The minimum absolute atomic E-state index is 0.154. The summed E-state index contributed by atoms with van der Waals surface area (Å²) < 4.78 is 14.9. The summed E-state index contributed by atoms with van der Waals surface area (Å²) in [4.78, 5) is 0.628. The molecule has 18 heavy (non-hydrogen) atoms. The molecule has 94 valence electrons. The molecule has 0 unspecified atom stereocenters. The predicted molar refractivity (Wildman–Crippen MR) is 64.0 cm³/mol. The first kappa shape index (κ1) is 12.4. The smallest absolute Gasteiger partial charge is 0.195 e.